The van der Waals surface area contributed by atoms with Gasteiger partial charge < -0.3 is 15.2 Å². The van der Waals surface area contributed by atoms with Crippen LogP contribution in [0.5, 0.6) is 0 Å². The highest BCUT2D eigenvalue weighted by Gasteiger charge is 2.33. The fourth-order valence-corrected chi connectivity index (χ4v) is 2.78. The van der Waals surface area contributed by atoms with Crippen molar-refractivity contribution in [3.8, 4) is 0 Å². The number of aromatic nitrogens is 1. The Morgan fingerprint density at radius 3 is 2.57 bits per heavy atom. The van der Waals surface area contributed by atoms with Crippen molar-refractivity contribution in [1.82, 2.24) is 9.88 Å². The lowest BCUT2D eigenvalue weighted by Gasteiger charge is -2.38. The van der Waals surface area contributed by atoms with Crippen molar-refractivity contribution in [2.45, 2.75) is 38.8 Å². The fourth-order valence-electron chi connectivity index (χ4n) is 2.78. The van der Waals surface area contributed by atoms with Crippen LogP contribution in [0, 0.1) is 0 Å². The molecule has 2 aromatic rings. The zero-order valence-corrected chi connectivity index (χ0v) is 12.6. The van der Waals surface area contributed by atoms with Crippen molar-refractivity contribution in [3.05, 3.63) is 36.0 Å². The summed E-state index contributed by atoms with van der Waals surface area (Å²) >= 11 is 0. The molecule has 0 fully saturated rings. The van der Waals surface area contributed by atoms with Crippen LogP contribution in [0.4, 0.5) is 4.79 Å². The minimum Gasteiger partial charge on any atom is -0.465 e. The predicted octanol–water partition coefficient (Wildman–Crippen LogP) is 2.85. The highest BCUT2D eigenvalue weighted by molar-refractivity contribution is 5.83. The molecule has 1 atom stereocenters. The number of amides is 1. The van der Waals surface area contributed by atoms with Crippen LogP contribution in [-0.2, 0) is 6.42 Å². The van der Waals surface area contributed by atoms with Gasteiger partial charge in [-0.3, -0.25) is 4.90 Å². The van der Waals surface area contributed by atoms with Crippen LogP contribution in [0.2, 0.25) is 0 Å². The highest BCUT2D eigenvalue weighted by atomic mass is 16.4. The van der Waals surface area contributed by atoms with E-state index in [1.807, 2.05) is 51.2 Å². The van der Waals surface area contributed by atoms with Crippen molar-refractivity contribution in [1.29, 1.82) is 0 Å². The predicted molar refractivity (Wildman–Crippen MR) is 82.5 cm³/mol. The van der Waals surface area contributed by atoms with Crippen molar-refractivity contribution in [2.75, 3.05) is 6.61 Å². The number of nitrogens with one attached hydrogen (secondary N) is 1. The van der Waals surface area contributed by atoms with Gasteiger partial charge in [0.25, 0.3) is 0 Å². The van der Waals surface area contributed by atoms with Gasteiger partial charge in [0.1, 0.15) is 0 Å². The smallest absolute Gasteiger partial charge is 0.408 e. The van der Waals surface area contributed by atoms with Gasteiger partial charge >= 0.3 is 6.09 Å². The number of rotatable bonds is 4. The summed E-state index contributed by atoms with van der Waals surface area (Å²) in [6.45, 7) is 5.29. The summed E-state index contributed by atoms with van der Waals surface area (Å²) < 4.78 is 0. The van der Waals surface area contributed by atoms with Gasteiger partial charge in [-0.2, -0.15) is 0 Å². The van der Waals surface area contributed by atoms with Crippen molar-refractivity contribution in [2.24, 2.45) is 0 Å². The third-order valence-electron chi connectivity index (χ3n) is 3.64. The lowest BCUT2D eigenvalue weighted by Crippen LogP contribution is -2.53. The molecule has 0 bridgehead atoms. The van der Waals surface area contributed by atoms with Gasteiger partial charge in [-0.25, -0.2) is 4.79 Å². The summed E-state index contributed by atoms with van der Waals surface area (Å²) in [5.74, 6) is 0. The third-order valence-corrected chi connectivity index (χ3v) is 3.64. The van der Waals surface area contributed by atoms with Gasteiger partial charge in [-0.15, -0.1) is 0 Å². The van der Waals surface area contributed by atoms with E-state index in [4.69, 9.17) is 0 Å². The molecule has 114 valence electrons. The number of H-pyrrole nitrogens is 1. The van der Waals surface area contributed by atoms with Crippen LogP contribution in [-0.4, -0.2) is 44.4 Å². The monoisotopic (exact) mass is 290 g/mol. The number of hydrogen-bond acceptors (Lipinski definition) is 2. The largest absolute Gasteiger partial charge is 0.465 e. The molecule has 2 rings (SSSR count). The Balaban J connectivity index is 2.32. The van der Waals surface area contributed by atoms with Crippen LogP contribution in [0.3, 0.4) is 0 Å². The van der Waals surface area contributed by atoms with Crippen LogP contribution in [0.25, 0.3) is 10.9 Å². The van der Waals surface area contributed by atoms with Gasteiger partial charge in [-0.05, 0) is 38.8 Å². The molecule has 1 aromatic carbocycles. The topological polar surface area (TPSA) is 76.6 Å². The molecule has 0 aliphatic carbocycles. The molecule has 1 aromatic heterocycles. The van der Waals surface area contributed by atoms with Gasteiger partial charge in [0.2, 0.25) is 0 Å². The van der Waals surface area contributed by atoms with Crippen molar-refractivity contribution in [3.63, 3.8) is 0 Å². The fraction of sp³-hybridized carbons (Fsp3) is 0.438. The Labute approximate surface area is 124 Å². The van der Waals surface area contributed by atoms with Crippen LogP contribution in [0.1, 0.15) is 26.3 Å². The number of fused-ring (bicyclic) bond motifs is 1. The first kappa shape index (κ1) is 15.4. The normalized spacial score (nSPS) is 13.3. The molecule has 5 heteroatoms. The van der Waals surface area contributed by atoms with Crippen LogP contribution >= 0.6 is 0 Å². The number of carboxylic acid groups (broad SMARTS) is 1. The van der Waals surface area contributed by atoms with E-state index in [0.717, 1.165) is 16.5 Å². The summed E-state index contributed by atoms with van der Waals surface area (Å²) in [6.07, 6.45) is 1.35. The molecule has 1 heterocycles. The average molecular weight is 290 g/mol. The lowest BCUT2D eigenvalue weighted by atomic mass is 9.98. The van der Waals surface area contributed by atoms with Crippen LogP contribution < -0.4 is 0 Å². The second kappa shape index (κ2) is 5.77. The Morgan fingerprint density at radius 2 is 2.00 bits per heavy atom. The number of aromatic amines is 1. The molecular weight excluding hydrogens is 268 g/mol. The average Bonchev–Trinajstić information content (AvgIpc) is 2.79. The molecule has 0 saturated carbocycles. The first-order valence-corrected chi connectivity index (χ1v) is 7.02. The Bertz CT molecular complexity index is 628. The molecule has 0 aliphatic heterocycles. The maximum absolute atomic E-state index is 11.5. The molecule has 0 spiro atoms. The quantitative estimate of drug-likeness (QED) is 0.810. The van der Waals surface area contributed by atoms with Gasteiger partial charge in [0.15, 0.2) is 0 Å². The molecule has 3 N–H and O–H groups in total. The second-order valence-corrected chi connectivity index (χ2v) is 6.22. The van der Waals surface area contributed by atoms with E-state index in [2.05, 4.69) is 4.98 Å². The summed E-state index contributed by atoms with van der Waals surface area (Å²) in [5.41, 5.74) is 1.47. The third kappa shape index (κ3) is 3.19. The molecule has 0 radical (unpaired) electrons. The van der Waals surface area contributed by atoms with E-state index in [0.29, 0.717) is 6.42 Å². The standard InChI is InChI=1S/C16H22N2O3/c1-16(2,3)18(15(20)21)12(10-19)8-11-9-17-14-7-5-4-6-13(11)14/h4-7,9,12,17,19H,8,10H2,1-3H3,(H,20,21)/t12-/m0/s1. The molecule has 1 amide bonds. The maximum atomic E-state index is 11.5. The molecule has 0 aliphatic rings. The number of para-hydroxylation sites is 1. The minimum absolute atomic E-state index is 0.205. The van der Waals surface area contributed by atoms with E-state index in [-0.39, 0.29) is 6.61 Å². The maximum Gasteiger partial charge on any atom is 0.408 e. The zero-order valence-electron chi connectivity index (χ0n) is 12.6. The number of carbonyl (C=O) groups is 1. The first-order chi connectivity index (χ1) is 9.84. The summed E-state index contributed by atoms with van der Waals surface area (Å²) in [6, 6.07) is 7.40. The van der Waals surface area contributed by atoms with Crippen LogP contribution in [0.15, 0.2) is 30.5 Å². The van der Waals surface area contributed by atoms with Gasteiger partial charge in [-0.1, -0.05) is 18.2 Å². The van der Waals surface area contributed by atoms with E-state index in [9.17, 15) is 15.0 Å². The minimum atomic E-state index is -1.01. The number of nitrogens with zero attached hydrogens (tertiary/aromatic N) is 1. The molecule has 0 unspecified atom stereocenters. The molecule has 0 saturated heterocycles. The van der Waals surface area contributed by atoms with E-state index >= 15 is 0 Å². The molecular formula is C16H22N2O3. The second-order valence-electron chi connectivity index (χ2n) is 6.22. The van der Waals surface area contributed by atoms with Crippen molar-refractivity contribution >= 4 is 17.0 Å². The number of hydrogen-bond donors (Lipinski definition) is 3. The summed E-state index contributed by atoms with van der Waals surface area (Å²) in [5, 5.41) is 20.2. The number of benzene rings is 1. The summed E-state index contributed by atoms with van der Waals surface area (Å²) in [7, 11) is 0. The molecule has 21 heavy (non-hydrogen) atoms. The lowest BCUT2D eigenvalue weighted by molar-refractivity contribution is 0.0466. The number of aliphatic hydroxyl groups excluding tert-OH is 1. The van der Waals surface area contributed by atoms with Gasteiger partial charge in [0, 0.05) is 22.6 Å². The summed E-state index contributed by atoms with van der Waals surface area (Å²) in [4.78, 5) is 16.1. The van der Waals surface area contributed by atoms with E-state index in [1.165, 1.54) is 4.90 Å². The van der Waals surface area contributed by atoms with E-state index < -0.39 is 17.7 Å². The van der Waals surface area contributed by atoms with E-state index in [1.54, 1.807) is 0 Å². The Kier molecular flexibility index (Phi) is 4.23. The Hall–Kier alpha value is -2.01. The SMILES string of the molecule is CC(C)(C)N(C(=O)O)[C@H](CO)Cc1c[nH]c2ccccc12. The first-order valence-electron chi connectivity index (χ1n) is 7.02. The Morgan fingerprint density at radius 1 is 1.33 bits per heavy atom. The highest BCUT2D eigenvalue weighted by Crippen LogP contribution is 2.24. The zero-order chi connectivity index (χ0) is 15.6. The number of aliphatic hydroxyl groups is 1. The molecule has 5 nitrogen and oxygen atoms in total. The van der Waals surface area contributed by atoms with Crippen molar-refractivity contribution < 1.29 is 15.0 Å². The van der Waals surface area contributed by atoms with Gasteiger partial charge in [0.05, 0.1) is 12.6 Å².